The van der Waals surface area contributed by atoms with Crippen LogP contribution in [0, 0.1) is 11.8 Å². The molecule has 0 aliphatic carbocycles. The minimum Gasteiger partial charge on any atom is -0.465 e. The quantitative estimate of drug-likeness (QED) is 0.221. The molecule has 4 heterocycles. The topological polar surface area (TPSA) is 141 Å². The summed E-state index contributed by atoms with van der Waals surface area (Å²) < 4.78 is 46.7. The second-order valence-electron chi connectivity index (χ2n) is 15.1. The lowest BCUT2D eigenvalue weighted by Gasteiger charge is -2.41. The number of fused-ring (bicyclic) bond motifs is 1. The molecular formula is C39H51ClF3N7O5. The lowest BCUT2D eigenvalue weighted by atomic mass is 9.78. The molecular weight excluding hydrogens is 739 g/mol. The standard InChI is InChI=1S/C39H51ClF3N7O5/c1-2-55-34(51)24-47-14-7-26(8-15-47)27-9-16-48(17-10-27)36(52)33(23-25-21-30(39(41,42)43)35(44)31(40)22-25)46-37(53)49-18-12-29(13-19-49)50-20-11-28-5-3-4-6-32(28)45-38(50)54/h3-6,21-22,26-27,29,33H,2,7-20,23-24,44H2,1H3,(H,45,54)(H,46,53). The van der Waals surface area contributed by atoms with Crippen LogP contribution in [-0.2, 0) is 33.3 Å². The van der Waals surface area contributed by atoms with Gasteiger partial charge in [-0.15, -0.1) is 0 Å². The molecule has 0 aromatic heterocycles. The Morgan fingerprint density at radius 1 is 0.945 bits per heavy atom. The number of nitrogens with one attached hydrogen (secondary N) is 2. The lowest BCUT2D eigenvalue weighted by Crippen LogP contribution is -2.57. The van der Waals surface area contributed by atoms with Crippen molar-refractivity contribution in [1.82, 2.24) is 24.9 Å². The molecule has 0 saturated carbocycles. The third kappa shape index (κ3) is 9.96. The summed E-state index contributed by atoms with van der Waals surface area (Å²) in [5.41, 5.74) is 5.99. The second-order valence-corrected chi connectivity index (χ2v) is 15.5. The predicted molar refractivity (Wildman–Crippen MR) is 202 cm³/mol. The van der Waals surface area contributed by atoms with Crippen LogP contribution in [-0.4, -0.2) is 115 Å². The number of piperidine rings is 3. The molecule has 0 spiro atoms. The molecule has 1 unspecified atom stereocenters. The molecule has 4 N–H and O–H groups in total. The van der Waals surface area contributed by atoms with Gasteiger partial charge in [-0.05, 0) is 106 Å². The van der Waals surface area contributed by atoms with Gasteiger partial charge in [0.25, 0.3) is 0 Å². The van der Waals surface area contributed by atoms with E-state index in [4.69, 9.17) is 22.1 Å². The van der Waals surface area contributed by atoms with Crippen molar-refractivity contribution in [2.75, 3.05) is 70.0 Å². The number of likely N-dealkylation sites (tertiary alicyclic amines) is 3. The lowest BCUT2D eigenvalue weighted by molar-refractivity contribution is -0.144. The average molecular weight is 790 g/mol. The fourth-order valence-electron chi connectivity index (χ4n) is 8.60. The molecule has 55 heavy (non-hydrogen) atoms. The summed E-state index contributed by atoms with van der Waals surface area (Å²) in [5.74, 6) is 0.271. The number of nitrogens with zero attached hydrogens (tertiary/aromatic N) is 4. The minimum atomic E-state index is -4.76. The zero-order chi connectivity index (χ0) is 39.3. The van der Waals surface area contributed by atoms with Gasteiger partial charge in [-0.2, -0.15) is 13.2 Å². The van der Waals surface area contributed by atoms with E-state index in [2.05, 4.69) is 15.5 Å². The van der Waals surface area contributed by atoms with Crippen molar-refractivity contribution in [3.63, 3.8) is 0 Å². The van der Waals surface area contributed by atoms with Crippen molar-refractivity contribution in [2.45, 2.75) is 76.6 Å². The third-order valence-corrected chi connectivity index (χ3v) is 12.0. The minimum absolute atomic E-state index is 0.0837. The summed E-state index contributed by atoms with van der Waals surface area (Å²) in [6, 6.07) is 8.00. The van der Waals surface area contributed by atoms with Gasteiger partial charge in [0.1, 0.15) is 6.04 Å². The fraction of sp³-hybridized carbons (Fsp3) is 0.590. The number of anilines is 2. The van der Waals surface area contributed by atoms with Gasteiger partial charge in [0.05, 0.1) is 29.4 Å². The number of alkyl halides is 3. The number of carbonyl (C=O) groups excluding carboxylic acids is 4. The number of nitrogen functional groups attached to an aromatic ring is 1. The number of nitrogens with two attached hydrogens (primary N) is 1. The molecule has 3 saturated heterocycles. The zero-order valence-electron chi connectivity index (χ0n) is 31.2. The molecule has 16 heteroatoms. The van der Waals surface area contributed by atoms with Gasteiger partial charge in [-0.25, -0.2) is 9.59 Å². The van der Waals surface area contributed by atoms with E-state index in [9.17, 15) is 32.3 Å². The average Bonchev–Trinajstić information content (AvgIpc) is 3.33. The van der Waals surface area contributed by atoms with E-state index in [0.29, 0.717) is 70.4 Å². The van der Waals surface area contributed by atoms with E-state index in [-0.39, 0.29) is 47.5 Å². The Morgan fingerprint density at radius 3 is 2.24 bits per heavy atom. The van der Waals surface area contributed by atoms with E-state index in [1.165, 1.54) is 6.07 Å². The van der Waals surface area contributed by atoms with Gasteiger partial charge < -0.3 is 35.8 Å². The van der Waals surface area contributed by atoms with Crippen LogP contribution in [0.2, 0.25) is 5.02 Å². The van der Waals surface area contributed by atoms with Crippen LogP contribution in [0.15, 0.2) is 36.4 Å². The number of urea groups is 2. The number of ether oxygens (including phenoxy) is 1. The van der Waals surface area contributed by atoms with E-state index < -0.39 is 29.5 Å². The van der Waals surface area contributed by atoms with Crippen LogP contribution in [0.25, 0.3) is 0 Å². The molecule has 3 fully saturated rings. The van der Waals surface area contributed by atoms with Gasteiger partial charge in [0.15, 0.2) is 0 Å². The Balaban J connectivity index is 1.09. The van der Waals surface area contributed by atoms with Crippen LogP contribution in [0.5, 0.6) is 0 Å². The van der Waals surface area contributed by atoms with Gasteiger partial charge >= 0.3 is 24.2 Å². The highest BCUT2D eigenvalue weighted by Crippen LogP contribution is 2.38. The molecule has 300 valence electrons. The van der Waals surface area contributed by atoms with Gasteiger partial charge in [0, 0.05) is 50.9 Å². The molecule has 0 bridgehead atoms. The number of benzene rings is 2. The number of hydrogen-bond acceptors (Lipinski definition) is 7. The van der Waals surface area contributed by atoms with Crippen LogP contribution >= 0.6 is 11.6 Å². The molecule has 1 atom stereocenters. The molecule has 2 aromatic rings. The first kappa shape index (κ1) is 40.4. The molecule has 0 radical (unpaired) electrons. The van der Waals surface area contributed by atoms with Crippen LogP contribution in [0.4, 0.5) is 34.1 Å². The third-order valence-electron chi connectivity index (χ3n) is 11.7. The number of esters is 1. The van der Waals surface area contributed by atoms with E-state index >= 15 is 0 Å². The van der Waals surface area contributed by atoms with Crippen molar-refractivity contribution in [3.05, 3.63) is 58.1 Å². The Labute approximate surface area is 324 Å². The predicted octanol–water partition coefficient (Wildman–Crippen LogP) is 5.63. The first-order valence-corrected chi connectivity index (χ1v) is 19.7. The molecule has 4 aliphatic rings. The smallest absolute Gasteiger partial charge is 0.418 e. The summed E-state index contributed by atoms with van der Waals surface area (Å²) in [6.07, 6.45) is 0.233. The monoisotopic (exact) mass is 789 g/mol. The number of para-hydroxylation sites is 1. The molecule has 2 aromatic carbocycles. The normalized spacial score (nSPS) is 20.0. The number of halogens is 4. The van der Waals surface area contributed by atoms with Crippen molar-refractivity contribution in [1.29, 1.82) is 0 Å². The first-order valence-electron chi connectivity index (χ1n) is 19.3. The maximum atomic E-state index is 14.2. The molecule has 4 aliphatic heterocycles. The summed E-state index contributed by atoms with van der Waals surface area (Å²) >= 11 is 6.15. The van der Waals surface area contributed by atoms with Gasteiger partial charge in [-0.3, -0.25) is 14.5 Å². The Hall–Kier alpha value is -4.24. The van der Waals surface area contributed by atoms with Crippen LogP contribution < -0.4 is 16.4 Å². The Morgan fingerprint density at radius 2 is 1.58 bits per heavy atom. The first-order chi connectivity index (χ1) is 26.3. The Bertz CT molecular complexity index is 1710. The highest BCUT2D eigenvalue weighted by Gasteiger charge is 2.38. The molecule has 6 rings (SSSR count). The number of rotatable bonds is 9. The van der Waals surface area contributed by atoms with Gasteiger partial charge in [0.2, 0.25) is 5.91 Å². The van der Waals surface area contributed by atoms with Crippen LogP contribution in [0.3, 0.4) is 0 Å². The maximum absolute atomic E-state index is 14.2. The van der Waals surface area contributed by atoms with E-state index in [1.54, 1.807) is 16.7 Å². The molecule has 5 amide bonds. The summed E-state index contributed by atoms with van der Waals surface area (Å²) in [6.45, 7) is 6.18. The maximum Gasteiger partial charge on any atom is 0.418 e. The van der Waals surface area contributed by atoms with Gasteiger partial charge in [-0.1, -0.05) is 29.8 Å². The Kier molecular flexibility index (Phi) is 13.0. The number of carbonyl (C=O) groups is 4. The SMILES string of the molecule is CCOC(=O)CN1CCC(C2CCN(C(=O)C(Cc3cc(Cl)c(N)c(C(F)(F)F)c3)NC(=O)N3CCC(N4CCc5ccccc5NC4=O)CC3)CC2)CC1. The number of amides is 5. The zero-order valence-corrected chi connectivity index (χ0v) is 32.0. The molecule has 12 nitrogen and oxygen atoms in total. The van der Waals surface area contributed by atoms with E-state index in [0.717, 1.165) is 56.1 Å². The van der Waals surface area contributed by atoms with E-state index in [1.807, 2.05) is 29.2 Å². The van der Waals surface area contributed by atoms with Crippen LogP contribution in [0.1, 0.15) is 62.1 Å². The largest absolute Gasteiger partial charge is 0.465 e. The van der Waals surface area contributed by atoms with Crippen molar-refractivity contribution >= 4 is 46.9 Å². The second kappa shape index (κ2) is 17.7. The summed E-state index contributed by atoms with van der Waals surface area (Å²) in [7, 11) is 0. The summed E-state index contributed by atoms with van der Waals surface area (Å²) in [4.78, 5) is 60.2. The number of hydrogen-bond donors (Lipinski definition) is 3. The highest BCUT2D eigenvalue weighted by molar-refractivity contribution is 6.33. The fourth-order valence-corrected chi connectivity index (χ4v) is 8.85. The highest BCUT2D eigenvalue weighted by atomic mass is 35.5. The van der Waals surface area contributed by atoms with Crippen molar-refractivity contribution < 1.29 is 37.1 Å². The van der Waals surface area contributed by atoms with Crippen molar-refractivity contribution in [3.8, 4) is 0 Å². The van der Waals surface area contributed by atoms with Crippen molar-refractivity contribution in [2.24, 2.45) is 11.8 Å². The summed E-state index contributed by atoms with van der Waals surface area (Å²) in [5, 5.41) is 5.58.